The standard InChI is InChI=1S/C18H17Cl2NO4/c1-11-3-5-15(14(20)7-11)21-17(22)9-25-18(23)10-24-16-6-4-13(19)8-12(16)2/h3-8H,9-10H2,1-2H3,(H,21,22). The molecule has 5 nitrogen and oxygen atoms in total. The minimum atomic E-state index is -0.653. The lowest BCUT2D eigenvalue weighted by molar-refractivity contribution is -0.149. The molecule has 0 aliphatic rings. The third kappa shape index (κ3) is 5.96. The third-order valence-electron chi connectivity index (χ3n) is 3.25. The molecule has 2 rings (SSSR count). The van der Waals surface area contributed by atoms with E-state index in [9.17, 15) is 9.59 Å². The normalized spacial score (nSPS) is 10.2. The molecule has 132 valence electrons. The Morgan fingerprint density at radius 2 is 1.80 bits per heavy atom. The minimum absolute atomic E-state index is 0.305. The predicted molar refractivity (Wildman–Crippen MR) is 97.5 cm³/mol. The number of nitrogens with one attached hydrogen (secondary N) is 1. The lowest BCUT2D eigenvalue weighted by atomic mass is 10.2. The van der Waals surface area contributed by atoms with E-state index in [0.29, 0.717) is 21.5 Å². The fraction of sp³-hybridized carbons (Fsp3) is 0.222. The Hall–Kier alpha value is -2.24. The summed E-state index contributed by atoms with van der Waals surface area (Å²) in [6, 6.07) is 10.3. The van der Waals surface area contributed by atoms with Crippen LogP contribution in [-0.2, 0) is 14.3 Å². The lowest BCUT2D eigenvalue weighted by Crippen LogP contribution is -2.23. The fourth-order valence-corrected chi connectivity index (χ4v) is 2.52. The Labute approximate surface area is 155 Å². The van der Waals surface area contributed by atoms with E-state index in [2.05, 4.69) is 5.32 Å². The molecule has 0 saturated heterocycles. The van der Waals surface area contributed by atoms with E-state index in [4.69, 9.17) is 32.7 Å². The molecule has 0 fully saturated rings. The van der Waals surface area contributed by atoms with E-state index >= 15 is 0 Å². The maximum atomic E-state index is 11.8. The summed E-state index contributed by atoms with van der Waals surface area (Å²) in [6.07, 6.45) is 0. The molecule has 1 N–H and O–H groups in total. The summed E-state index contributed by atoms with van der Waals surface area (Å²) >= 11 is 11.9. The first-order valence-electron chi connectivity index (χ1n) is 7.45. The summed E-state index contributed by atoms with van der Waals surface area (Å²) in [6.45, 7) is 2.97. The molecule has 0 atom stereocenters. The van der Waals surface area contributed by atoms with Gasteiger partial charge in [-0.05, 0) is 55.3 Å². The van der Waals surface area contributed by atoms with Crippen molar-refractivity contribution in [2.45, 2.75) is 13.8 Å². The summed E-state index contributed by atoms with van der Waals surface area (Å²) in [5.41, 5.74) is 2.23. The first-order chi connectivity index (χ1) is 11.8. The number of benzene rings is 2. The smallest absolute Gasteiger partial charge is 0.344 e. The van der Waals surface area contributed by atoms with Crippen LogP contribution in [0.1, 0.15) is 11.1 Å². The molecular weight excluding hydrogens is 365 g/mol. The van der Waals surface area contributed by atoms with E-state index in [1.54, 1.807) is 30.3 Å². The second kappa shape index (κ2) is 8.74. The van der Waals surface area contributed by atoms with Crippen molar-refractivity contribution in [3.8, 4) is 5.75 Å². The summed E-state index contributed by atoms with van der Waals surface area (Å²) in [7, 11) is 0. The zero-order valence-corrected chi connectivity index (χ0v) is 15.3. The van der Waals surface area contributed by atoms with Crippen molar-refractivity contribution in [3.63, 3.8) is 0 Å². The van der Waals surface area contributed by atoms with Crippen molar-refractivity contribution < 1.29 is 19.1 Å². The first kappa shape index (κ1) is 19.1. The van der Waals surface area contributed by atoms with Crippen LogP contribution in [0, 0.1) is 13.8 Å². The molecule has 0 aliphatic carbocycles. The Bertz CT molecular complexity index is 793. The molecule has 0 aromatic heterocycles. The van der Waals surface area contributed by atoms with Crippen LogP contribution in [-0.4, -0.2) is 25.1 Å². The number of amides is 1. The third-order valence-corrected chi connectivity index (χ3v) is 3.79. The van der Waals surface area contributed by atoms with Gasteiger partial charge >= 0.3 is 5.97 Å². The van der Waals surface area contributed by atoms with Gasteiger partial charge in [0.05, 0.1) is 10.7 Å². The minimum Gasteiger partial charge on any atom is -0.482 e. The lowest BCUT2D eigenvalue weighted by Gasteiger charge is -2.10. The number of hydrogen-bond acceptors (Lipinski definition) is 4. The second-order valence-corrected chi connectivity index (χ2v) is 6.23. The highest BCUT2D eigenvalue weighted by atomic mass is 35.5. The maximum Gasteiger partial charge on any atom is 0.344 e. The van der Waals surface area contributed by atoms with E-state index in [-0.39, 0.29) is 6.61 Å². The number of halogens is 2. The van der Waals surface area contributed by atoms with E-state index < -0.39 is 18.5 Å². The van der Waals surface area contributed by atoms with Crippen LogP contribution in [0.3, 0.4) is 0 Å². The molecular formula is C18H17Cl2NO4. The topological polar surface area (TPSA) is 64.6 Å². The van der Waals surface area contributed by atoms with E-state index in [1.165, 1.54) is 0 Å². The average molecular weight is 382 g/mol. The van der Waals surface area contributed by atoms with Crippen molar-refractivity contribution in [1.82, 2.24) is 0 Å². The summed E-state index contributed by atoms with van der Waals surface area (Å²) < 4.78 is 10.2. The highest BCUT2D eigenvalue weighted by Crippen LogP contribution is 2.23. The quantitative estimate of drug-likeness (QED) is 0.762. The van der Waals surface area contributed by atoms with Gasteiger partial charge in [-0.3, -0.25) is 4.79 Å². The number of carbonyl (C=O) groups is 2. The zero-order valence-electron chi connectivity index (χ0n) is 13.8. The molecule has 0 spiro atoms. The highest BCUT2D eigenvalue weighted by Gasteiger charge is 2.11. The number of ether oxygens (including phenoxy) is 2. The summed E-state index contributed by atoms with van der Waals surface area (Å²) in [5, 5.41) is 3.58. The van der Waals surface area contributed by atoms with Gasteiger partial charge in [0.1, 0.15) is 5.75 Å². The maximum absolute atomic E-state index is 11.8. The molecule has 2 aromatic rings. The number of anilines is 1. The molecule has 0 aliphatic heterocycles. The van der Waals surface area contributed by atoms with Gasteiger partial charge in [0.15, 0.2) is 13.2 Å². The van der Waals surface area contributed by atoms with Gasteiger partial charge < -0.3 is 14.8 Å². The Balaban J connectivity index is 1.78. The van der Waals surface area contributed by atoms with Gasteiger partial charge in [-0.25, -0.2) is 4.79 Å². The number of carbonyl (C=O) groups excluding carboxylic acids is 2. The first-order valence-corrected chi connectivity index (χ1v) is 8.21. The summed E-state index contributed by atoms with van der Waals surface area (Å²) in [5.74, 6) is -0.612. The van der Waals surface area contributed by atoms with E-state index in [0.717, 1.165) is 11.1 Å². The van der Waals surface area contributed by atoms with Gasteiger partial charge in [-0.2, -0.15) is 0 Å². The largest absolute Gasteiger partial charge is 0.482 e. The monoisotopic (exact) mass is 381 g/mol. The van der Waals surface area contributed by atoms with Gasteiger partial charge in [0.25, 0.3) is 5.91 Å². The number of aryl methyl sites for hydroxylation is 2. The SMILES string of the molecule is Cc1ccc(NC(=O)COC(=O)COc2ccc(Cl)cc2C)c(Cl)c1. The predicted octanol–water partition coefficient (Wildman–Crippen LogP) is 4.17. The van der Waals surface area contributed by atoms with Crippen molar-refractivity contribution in [2.75, 3.05) is 18.5 Å². The van der Waals surface area contributed by atoms with Crippen LogP contribution in [0.4, 0.5) is 5.69 Å². The fourth-order valence-electron chi connectivity index (χ4n) is 2.01. The molecule has 1 amide bonds. The van der Waals surface area contributed by atoms with Gasteiger partial charge in [0, 0.05) is 5.02 Å². The molecule has 0 heterocycles. The molecule has 7 heteroatoms. The molecule has 0 unspecified atom stereocenters. The van der Waals surface area contributed by atoms with Crippen molar-refractivity contribution in [1.29, 1.82) is 0 Å². The van der Waals surface area contributed by atoms with Crippen molar-refractivity contribution >= 4 is 40.8 Å². The molecule has 0 saturated carbocycles. The van der Waals surface area contributed by atoms with Crippen LogP contribution in [0.15, 0.2) is 36.4 Å². The van der Waals surface area contributed by atoms with Gasteiger partial charge in [-0.15, -0.1) is 0 Å². The zero-order chi connectivity index (χ0) is 18.4. The van der Waals surface area contributed by atoms with Crippen LogP contribution in [0.25, 0.3) is 0 Å². The van der Waals surface area contributed by atoms with Crippen LogP contribution >= 0.6 is 23.2 Å². The van der Waals surface area contributed by atoms with Crippen LogP contribution < -0.4 is 10.1 Å². The number of esters is 1. The molecule has 0 bridgehead atoms. The Morgan fingerprint density at radius 3 is 2.48 bits per heavy atom. The Morgan fingerprint density at radius 1 is 1.04 bits per heavy atom. The van der Waals surface area contributed by atoms with Crippen molar-refractivity contribution in [2.24, 2.45) is 0 Å². The molecule has 25 heavy (non-hydrogen) atoms. The van der Waals surface area contributed by atoms with Crippen LogP contribution in [0.2, 0.25) is 10.0 Å². The van der Waals surface area contributed by atoms with E-state index in [1.807, 2.05) is 19.9 Å². The summed E-state index contributed by atoms with van der Waals surface area (Å²) in [4.78, 5) is 23.5. The number of hydrogen-bond donors (Lipinski definition) is 1. The highest BCUT2D eigenvalue weighted by molar-refractivity contribution is 6.33. The molecule has 2 aromatic carbocycles. The average Bonchev–Trinajstić information content (AvgIpc) is 2.55. The van der Waals surface area contributed by atoms with Gasteiger partial charge in [-0.1, -0.05) is 29.3 Å². The van der Waals surface area contributed by atoms with Crippen molar-refractivity contribution in [3.05, 3.63) is 57.6 Å². The second-order valence-electron chi connectivity index (χ2n) is 5.39. The van der Waals surface area contributed by atoms with Gasteiger partial charge in [0.2, 0.25) is 0 Å². The Kier molecular flexibility index (Phi) is 6.67. The number of rotatable bonds is 6. The molecule has 0 radical (unpaired) electrons. The van der Waals surface area contributed by atoms with Crippen LogP contribution in [0.5, 0.6) is 5.75 Å².